The maximum Gasteiger partial charge on any atom is 0.326 e. The van der Waals surface area contributed by atoms with E-state index in [1.54, 1.807) is 0 Å². The summed E-state index contributed by atoms with van der Waals surface area (Å²) in [5, 5.41) is 2.74. The highest BCUT2D eigenvalue weighted by molar-refractivity contribution is 5.93. The van der Waals surface area contributed by atoms with E-state index in [0.29, 0.717) is 12.1 Å². The van der Waals surface area contributed by atoms with Gasteiger partial charge in [0.2, 0.25) is 0 Å². The summed E-state index contributed by atoms with van der Waals surface area (Å²) in [6.07, 6.45) is 0.704. The number of aryl methyl sites for hydroxylation is 3. The standard InChI is InChI=1S/C21H23N3O3/c1-4-19-23-17-7-5-6-8-18(17)24(19)12-21(26)27-13-20(25)22-16-10-9-14(2)15(3)11-16/h5-11H,4,12-13H2,1-3H3,(H,22,25). The first-order valence-electron chi connectivity index (χ1n) is 8.94. The van der Waals surface area contributed by atoms with Gasteiger partial charge in [0.1, 0.15) is 12.4 Å². The molecular weight excluding hydrogens is 342 g/mol. The van der Waals surface area contributed by atoms with E-state index >= 15 is 0 Å². The predicted octanol–water partition coefficient (Wildman–Crippen LogP) is 3.40. The summed E-state index contributed by atoms with van der Waals surface area (Å²) in [6.45, 7) is 5.68. The summed E-state index contributed by atoms with van der Waals surface area (Å²) < 4.78 is 6.98. The molecule has 3 aromatic rings. The van der Waals surface area contributed by atoms with Crippen LogP contribution in [0.15, 0.2) is 42.5 Å². The second kappa shape index (κ2) is 8.03. The Balaban J connectivity index is 1.60. The number of carbonyl (C=O) groups excluding carboxylic acids is 2. The molecule has 27 heavy (non-hydrogen) atoms. The van der Waals surface area contributed by atoms with Crippen LogP contribution in [0.3, 0.4) is 0 Å². The number of fused-ring (bicyclic) bond motifs is 1. The lowest BCUT2D eigenvalue weighted by molar-refractivity contribution is -0.147. The lowest BCUT2D eigenvalue weighted by Crippen LogP contribution is -2.23. The van der Waals surface area contributed by atoms with Crippen molar-refractivity contribution < 1.29 is 14.3 Å². The lowest BCUT2D eigenvalue weighted by atomic mass is 10.1. The molecule has 0 unspecified atom stereocenters. The number of hydrogen-bond donors (Lipinski definition) is 1. The molecule has 1 amide bonds. The van der Waals surface area contributed by atoms with Crippen molar-refractivity contribution in [3.63, 3.8) is 0 Å². The van der Waals surface area contributed by atoms with Gasteiger partial charge >= 0.3 is 5.97 Å². The predicted molar refractivity (Wildman–Crippen MR) is 105 cm³/mol. The van der Waals surface area contributed by atoms with E-state index in [1.165, 1.54) is 0 Å². The maximum atomic E-state index is 12.2. The summed E-state index contributed by atoms with van der Waals surface area (Å²) in [5.74, 6) is -0.0198. The Labute approximate surface area is 158 Å². The minimum Gasteiger partial charge on any atom is -0.454 e. The van der Waals surface area contributed by atoms with Crippen LogP contribution >= 0.6 is 0 Å². The number of hydrogen-bond acceptors (Lipinski definition) is 4. The Morgan fingerprint density at radius 1 is 1.11 bits per heavy atom. The van der Waals surface area contributed by atoms with Gasteiger partial charge in [-0.3, -0.25) is 9.59 Å². The highest BCUT2D eigenvalue weighted by atomic mass is 16.5. The first kappa shape index (κ1) is 18.6. The van der Waals surface area contributed by atoms with Gasteiger partial charge < -0.3 is 14.6 Å². The molecule has 0 saturated heterocycles. The second-order valence-electron chi connectivity index (χ2n) is 6.46. The van der Waals surface area contributed by atoms with Crippen LogP contribution in [0.1, 0.15) is 23.9 Å². The van der Waals surface area contributed by atoms with Gasteiger partial charge in [0.15, 0.2) is 6.61 Å². The van der Waals surface area contributed by atoms with Crippen molar-refractivity contribution in [2.75, 3.05) is 11.9 Å². The van der Waals surface area contributed by atoms with E-state index in [-0.39, 0.29) is 19.1 Å². The molecule has 3 rings (SSSR count). The van der Waals surface area contributed by atoms with Gasteiger partial charge in [-0.15, -0.1) is 0 Å². The second-order valence-corrected chi connectivity index (χ2v) is 6.46. The molecule has 0 bridgehead atoms. The molecule has 0 aliphatic carbocycles. The van der Waals surface area contributed by atoms with Crippen LogP contribution in [-0.4, -0.2) is 28.0 Å². The molecule has 0 fully saturated rings. The van der Waals surface area contributed by atoms with Crippen LogP contribution in [0.2, 0.25) is 0 Å². The number of ether oxygens (including phenoxy) is 1. The molecule has 2 aromatic carbocycles. The van der Waals surface area contributed by atoms with Crippen LogP contribution in [0.4, 0.5) is 5.69 Å². The minimum absolute atomic E-state index is 0.0284. The number of anilines is 1. The van der Waals surface area contributed by atoms with E-state index in [0.717, 1.165) is 28.0 Å². The van der Waals surface area contributed by atoms with Crippen LogP contribution in [0, 0.1) is 13.8 Å². The highest BCUT2D eigenvalue weighted by Crippen LogP contribution is 2.17. The van der Waals surface area contributed by atoms with Crippen molar-refractivity contribution >= 4 is 28.6 Å². The Kier molecular flexibility index (Phi) is 5.54. The third-order valence-electron chi connectivity index (χ3n) is 4.49. The highest BCUT2D eigenvalue weighted by Gasteiger charge is 2.14. The van der Waals surface area contributed by atoms with Crippen LogP contribution in [0.5, 0.6) is 0 Å². The zero-order valence-corrected chi connectivity index (χ0v) is 15.8. The Bertz CT molecular complexity index is 992. The first-order chi connectivity index (χ1) is 13.0. The fraction of sp³-hybridized carbons (Fsp3) is 0.286. The molecule has 0 saturated carbocycles. The number of nitrogens with one attached hydrogen (secondary N) is 1. The zero-order valence-electron chi connectivity index (χ0n) is 15.8. The number of imidazole rings is 1. The summed E-state index contributed by atoms with van der Waals surface area (Å²) >= 11 is 0. The van der Waals surface area contributed by atoms with Gasteiger partial charge in [0, 0.05) is 12.1 Å². The van der Waals surface area contributed by atoms with E-state index in [9.17, 15) is 9.59 Å². The number of nitrogens with zero attached hydrogens (tertiary/aromatic N) is 2. The van der Waals surface area contributed by atoms with Crippen LogP contribution in [-0.2, 0) is 27.3 Å². The number of aromatic nitrogens is 2. The van der Waals surface area contributed by atoms with E-state index in [1.807, 2.05) is 67.8 Å². The van der Waals surface area contributed by atoms with Crippen molar-refractivity contribution in [3.8, 4) is 0 Å². The molecule has 6 heteroatoms. The molecule has 1 heterocycles. The Hall–Kier alpha value is -3.15. The molecular formula is C21H23N3O3. The topological polar surface area (TPSA) is 73.2 Å². The molecule has 0 atom stereocenters. The van der Waals surface area contributed by atoms with E-state index in [2.05, 4.69) is 10.3 Å². The minimum atomic E-state index is -0.469. The molecule has 0 radical (unpaired) electrons. The number of amides is 1. The van der Waals surface area contributed by atoms with Gasteiger partial charge in [-0.25, -0.2) is 4.98 Å². The van der Waals surface area contributed by atoms with Gasteiger partial charge in [-0.05, 0) is 49.2 Å². The molecule has 0 aliphatic rings. The zero-order chi connectivity index (χ0) is 19.4. The first-order valence-corrected chi connectivity index (χ1v) is 8.94. The van der Waals surface area contributed by atoms with Crippen molar-refractivity contribution in [1.29, 1.82) is 0 Å². The average molecular weight is 365 g/mol. The SMILES string of the molecule is CCc1nc2ccccc2n1CC(=O)OCC(=O)Nc1ccc(C)c(C)c1. The van der Waals surface area contributed by atoms with Crippen molar-refractivity contribution in [3.05, 3.63) is 59.4 Å². The summed E-state index contributed by atoms with van der Waals surface area (Å²) in [4.78, 5) is 28.8. The largest absolute Gasteiger partial charge is 0.454 e. The molecule has 0 spiro atoms. The Morgan fingerprint density at radius 2 is 1.89 bits per heavy atom. The summed E-state index contributed by atoms with van der Waals surface area (Å²) in [6, 6.07) is 13.3. The lowest BCUT2D eigenvalue weighted by Gasteiger charge is -2.10. The van der Waals surface area contributed by atoms with Crippen LogP contribution < -0.4 is 5.32 Å². The molecule has 6 nitrogen and oxygen atoms in total. The smallest absolute Gasteiger partial charge is 0.326 e. The number of benzene rings is 2. The third kappa shape index (κ3) is 4.34. The van der Waals surface area contributed by atoms with Gasteiger partial charge in [-0.2, -0.15) is 0 Å². The van der Waals surface area contributed by atoms with Gasteiger partial charge in [-0.1, -0.05) is 25.1 Å². The fourth-order valence-electron chi connectivity index (χ4n) is 2.91. The summed E-state index contributed by atoms with van der Waals surface area (Å²) in [7, 11) is 0. The van der Waals surface area contributed by atoms with Crippen molar-refractivity contribution in [2.24, 2.45) is 0 Å². The number of rotatable bonds is 6. The van der Waals surface area contributed by atoms with Gasteiger partial charge in [0.05, 0.1) is 11.0 Å². The molecule has 0 aliphatic heterocycles. The number of esters is 1. The third-order valence-corrected chi connectivity index (χ3v) is 4.49. The molecule has 1 N–H and O–H groups in total. The monoisotopic (exact) mass is 365 g/mol. The van der Waals surface area contributed by atoms with E-state index in [4.69, 9.17) is 4.74 Å². The summed E-state index contributed by atoms with van der Waals surface area (Å²) in [5.41, 5.74) is 4.65. The Morgan fingerprint density at radius 3 is 2.63 bits per heavy atom. The van der Waals surface area contributed by atoms with Crippen LogP contribution in [0.25, 0.3) is 11.0 Å². The van der Waals surface area contributed by atoms with E-state index < -0.39 is 5.97 Å². The van der Waals surface area contributed by atoms with Gasteiger partial charge in [0.25, 0.3) is 5.91 Å². The quantitative estimate of drug-likeness (QED) is 0.680. The number of carbonyl (C=O) groups is 2. The average Bonchev–Trinajstić information content (AvgIpc) is 3.01. The fourth-order valence-corrected chi connectivity index (χ4v) is 2.91. The normalized spacial score (nSPS) is 10.8. The van der Waals surface area contributed by atoms with Crippen molar-refractivity contribution in [2.45, 2.75) is 33.7 Å². The van der Waals surface area contributed by atoms with Crippen molar-refractivity contribution in [1.82, 2.24) is 9.55 Å². The maximum absolute atomic E-state index is 12.2. The molecule has 140 valence electrons. The number of para-hydroxylation sites is 2. The molecule has 1 aromatic heterocycles.